The molecule has 2 aromatic carbocycles. The topological polar surface area (TPSA) is 37.1 Å². The lowest BCUT2D eigenvalue weighted by molar-refractivity contribution is 0.551. The van der Waals surface area contributed by atoms with E-state index in [4.69, 9.17) is 0 Å². The second-order valence-corrected chi connectivity index (χ2v) is 6.62. The molecule has 0 saturated carbocycles. The second kappa shape index (κ2) is 4.79. The van der Waals surface area contributed by atoms with Gasteiger partial charge in [-0.3, -0.25) is 0 Å². The van der Waals surface area contributed by atoms with Gasteiger partial charge in [-0.05, 0) is 24.1 Å². The lowest BCUT2D eigenvalue weighted by atomic mass is 10.1. The first-order valence-corrected chi connectivity index (χ1v) is 7.73. The van der Waals surface area contributed by atoms with Crippen LogP contribution in [0.25, 0.3) is 0 Å². The predicted octanol–water partition coefficient (Wildman–Crippen LogP) is 2.30. The molecule has 2 aromatic rings. The zero-order valence-electron chi connectivity index (χ0n) is 10.4. The summed E-state index contributed by atoms with van der Waals surface area (Å²) in [5, 5.41) is 0. The minimum Gasteiger partial charge on any atom is -0.207 e. The largest absolute Gasteiger partial charge is 0.243 e. The molecule has 2 atom stereocenters. The van der Waals surface area contributed by atoms with Crippen LogP contribution in [-0.2, 0) is 16.4 Å². The van der Waals surface area contributed by atoms with Crippen molar-refractivity contribution in [3.8, 4) is 0 Å². The van der Waals surface area contributed by atoms with Gasteiger partial charge in [0.25, 0.3) is 0 Å². The van der Waals surface area contributed by atoms with Crippen LogP contribution in [0.15, 0.2) is 65.6 Å². The van der Waals surface area contributed by atoms with Crippen molar-refractivity contribution in [1.29, 1.82) is 0 Å². The van der Waals surface area contributed by atoms with E-state index in [9.17, 15) is 8.42 Å². The van der Waals surface area contributed by atoms with E-state index in [0.717, 1.165) is 6.42 Å². The normalized spacial score (nSPS) is 22.1. The molecule has 0 amide bonds. The molecule has 1 heterocycles. The Morgan fingerprint density at radius 1 is 0.947 bits per heavy atom. The highest BCUT2D eigenvalue weighted by atomic mass is 32.2. The highest BCUT2D eigenvalue weighted by Gasteiger charge is 2.44. The summed E-state index contributed by atoms with van der Waals surface area (Å²) in [4.78, 5) is 0.380. The van der Waals surface area contributed by atoms with Gasteiger partial charge < -0.3 is 0 Å². The third kappa shape index (κ3) is 2.55. The number of hydrogen-bond acceptors (Lipinski definition) is 2. The molecule has 1 aliphatic heterocycles. The quantitative estimate of drug-likeness (QED) is 0.802. The van der Waals surface area contributed by atoms with E-state index in [-0.39, 0.29) is 6.04 Å². The van der Waals surface area contributed by atoms with Crippen LogP contribution in [0.1, 0.15) is 5.56 Å². The van der Waals surface area contributed by atoms with Crippen molar-refractivity contribution in [2.75, 3.05) is 6.54 Å². The van der Waals surface area contributed by atoms with E-state index in [1.807, 2.05) is 36.4 Å². The first-order valence-electron chi connectivity index (χ1n) is 6.29. The van der Waals surface area contributed by atoms with Crippen LogP contribution < -0.4 is 0 Å². The number of nitrogens with zero attached hydrogens (tertiary/aromatic N) is 1. The summed E-state index contributed by atoms with van der Waals surface area (Å²) in [6.45, 7) is 0.617. The van der Waals surface area contributed by atoms with Crippen molar-refractivity contribution < 1.29 is 8.42 Å². The van der Waals surface area contributed by atoms with Gasteiger partial charge >= 0.3 is 0 Å². The first-order chi connectivity index (χ1) is 9.18. The Labute approximate surface area is 113 Å². The minimum atomic E-state index is -3.30. The Hall–Kier alpha value is -1.65. The van der Waals surface area contributed by atoms with Crippen molar-refractivity contribution in [1.82, 2.24) is 4.31 Å². The zero-order valence-corrected chi connectivity index (χ0v) is 11.3. The number of hydrogen-bond donors (Lipinski definition) is 0. The molecule has 4 heteroatoms. The fourth-order valence-corrected chi connectivity index (χ4v) is 3.84. The van der Waals surface area contributed by atoms with Gasteiger partial charge in [-0.1, -0.05) is 48.5 Å². The van der Waals surface area contributed by atoms with Crippen LogP contribution in [0, 0.1) is 0 Å². The molecule has 0 N–H and O–H groups in total. The lowest BCUT2D eigenvalue weighted by Gasteiger charge is -2.06. The van der Waals surface area contributed by atoms with Crippen LogP contribution in [0.3, 0.4) is 0 Å². The van der Waals surface area contributed by atoms with Gasteiger partial charge in [0, 0.05) is 12.6 Å². The van der Waals surface area contributed by atoms with E-state index < -0.39 is 10.0 Å². The van der Waals surface area contributed by atoms with Crippen LogP contribution >= 0.6 is 0 Å². The van der Waals surface area contributed by atoms with Crippen LogP contribution in [0.4, 0.5) is 0 Å². The van der Waals surface area contributed by atoms with E-state index in [0.29, 0.717) is 11.4 Å². The van der Waals surface area contributed by atoms with Gasteiger partial charge in [-0.2, -0.15) is 4.31 Å². The molecule has 19 heavy (non-hydrogen) atoms. The summed E-state index contributed by atoms with van der Waals surface area (Å²) in [7, 11) is -3.30. The third-order valence-electron chi connectivity index (χ3n) is 3.33. The van der Waals surface area contributed by atoms with Gasteiger partial charge in [0.15, 0.2) is 0 Å². The molecule has 0 aromatic heterocycles. The first kappa shape index (κ1) is 12.4. The van der Waals surface area contributed by atoms with Crippen LogP contribution in [-0.4, -0.2) is 25.3 Å². The van der Waals surface area contributed by atoms with E-state index in [1.165, 1.54) is 5.56 Å². The fraction of sp³-hybridized carbons (Fsp3) is 0.200. The summed E-state index contributed by atoms with van der Waals surface area (Å²) >= 11 is 0. The maximum absolute atomic E-state index is 12.3. The Morgan fingerprint density at radius 3 is 2.16 bits per heavy atom. The van der Waals surface area contributed by atoms with Crippen LogP contribution in [0.5, 0.6) is 0 Å². The fourth-order valence-electron chi connectivity index (χ4n) is 2.24. The molecule has 3 rings (SSSR count). The Kier molecular flexibility index (Phi) is 3.12. The third-order valence-corrected chi connectivity index (χ3v) is 5.26. The van der Waals surface area contributed by atoms with Crippen molar-refractivity contribution in [3.05, 3.63) is 66.2 Å². The summed E-state index contributed by atoms with van der Waals surface area (Å²) in [5.74, 6) is 0. The number of sulfonamides is 1. The van der Waals surface area contributed by atoms with Crippen molar-refractivity contribution in [2.24, 2.45) is 0 Å². The van der Waals surface area contributed by atoms with Crippen molar-refractivity contribution in [3.63, 3.8) is 0 Å². The highest BCUT2D eigenvalue weighted by Crippen LogP contribution is 2.30. The molecule has 1 unspecified atom stereocenters. The average molecular weight is 273 g/mol. The summed E-state index contributed by atoms with van der Waals surface area (Å²) in [6.07, 6.45) is 0.785. The average Bonchev–Trinajstić information content (AvgIpc) is 3.21. The molecule has 1 aliphatic rings. The van der Waals surface area contributed by atoms with Gasteiger partial charge in [0.2, 0.25) is 10.0 Å². The Balaban J connectivity index is 1.73. The van der Waals surface area contributed by atoms with Crippen LogP contribution in [0.2, 0.25) is 0 Å². The molecule has 3 nitrogen and oxygen atoms in total. The smallest absolute Gasteiger partial charge is 0.207 e. The van der Waals surface area contributed by atoms with Crippen molar-refractivity contribution in [2.45, 2.75) is 17.4 Å². The monoisotopic (exact) mass is 273 g/mol. The molecule has 0 bridgehead atoms. The molecule has 0 radical (unpaired) electrons. The van der Waals surface area contributed by atoms with E-state index in [2.05, 4.69) is 0 Å². The van der Waals surface area contributed by atoms with Crippen molar-refractivity contribution >= 4 is 10.0 Å². The summed E-state index contributed by atoms with van der Waals surface area (Å²) in [6, 6.07) is 18.7. The van der Waals surface area contributed by atoms with Gasteiger partial charge in [-0.15, -0.1) is 0 Å². The maximum atomic E-state index is 12.3. The van der Waals surface area contributed by atoms with E-state index in [1.54, 1.807) is 28.6 Å². The summed E-state index contributed by atoms with van der Waals surface area (Å²) in [5.41, 5.74) is 1.18. The molecular weight excluding hydrogens is 258 g/mol. The molecule has 0 spiro atoms. The SMILES string of the molecule is O=S(=O)(c1ccccc1)N1C[C@@H]1Cc1ccccc1. The lowest BCUT2D eigenvalue weighted by Crippen LogP contribution is -2.15. The zero-order chi connectivity index (χ0) is 13.3. The number of rotatable bonds is 4. The highest BCUT2D eigenvalue weighted by molar-refractivity contribution is 7.89. The standard InChI is InChI=1S/C15H15NO2S/c17-19(18,15-9-5-2-6-10-15)16-12-14(16)11-13-7-3-1-4-8-13/h1-10,14H,11-12H2/t14-,16?/m0/s1. The Bertz CT molecular complexity index is 653. The van der Waals surface area contributed by atoms with Gasteiger partial charge in [-0.25, -0.2) is 8.42 Å². The molecule has 1 fully saturated rings. The summed E-state index contributed by atoms with van der Waals surface area (Å²) < 4.78 is 26.2. The predicted molar refractivity (Wildman–Crippen MR) is 74.3 cm³/mol. The maximum Gasteiger partial charge on any atom is 0.243 e. The number of benzene rings is 2. The molecular formula is C15H15NO2S. The van der Waals surface area contributed by atoms with Gasteiger partial charge in [0.05, 0.1) is 4.90 Å². The Morgan fingerprint density at radius 2 is 1.53 bits per heavy atom. The minimum absolute atomic E-state index is 0.104. The molecule has 98 valence electrons. The second-order valence-electron chi connectivity index (χ2n) is 4.73. The van der Waals surface area contributed by atoms with Gasteiger partial charge in [0.1, 0.15) is 0 Å². The molecule has 0 aliphatic carbocycles. The molecule has 1 saturated heterocycles. The van der Waals surface area contributed by atoms with E-state index >= 15 is 0 Å².